The number of carbonyl (C=O) groups excluding carboxylic acids is 2. The lowest BCUT2D eigenvalue weighted by Crippen LogP contribution is -2.43. The summed E-state index contributed by atoms with van der Waals surface area (Å²) in [5.74, 6) is 3.97. The largest absolute Gasteiger partial charge is 0.480 e. The van der Waals surface area contributed by atoms with Crippen LogP contribution in [0.15, 0.2) is 30.3 Å². The van der Waals surface area contributed by atoms with Gasteiger partial charge in [-0.15, -0.1) is 0 Å². The van der Waals surface area contributed by atoms with E-state index >= 15 is 0 Å². The molecule has 1 aromatic carbocycles. The van der Waals surface area contributed by atoms with Crippen molar-refractivity contribution in [1.82, 2.24) is 10.6 Å². The number of ether oxygens (including phenoxy) is 2. The molecular formula is C19H24N2O6. The minimum absolute atomic E-state index is 0.00754. The van der Waals surface area contributed by atoms with Gasteiger partial charge in [0.2, 0.25) is 0 Å². The highest BCUT2D eigenvalue weighted by molar-refractivity contribution is 5.80. The fraction of sp³-hybridized carbons (Fsp3) is 0.421. The van der Waals surface area contributed by atoms with Crippen LogP contribution in [0, 0.1) is 11.8 Å². The molecular weight excluding hydrogens is 352 g/mol. The average Bonchev–Trinajstić information content (AvgIpc) is 2.57. The van der Waals surface area contributed by atoms with Gasteiger partial charge in [0.05, 0.1) is 6.54 Å². The maximum absolute atomic E-state index is 11.6. The molecule has 0 radical (unpaired) electrons. The molecule has 2 amide bonds. The number of alkyl carbamates (subject to hydrolysis) is 2. The van der Waals surface area contributed by atoms with Gasteiger partial charge in [0.15, 0.2) is 0 Å². The van der Waals surface area contributed by atoms with Crippen LogP contribution in [-0.4, -0.2) is 41.4 Å². The number of rotatable bonds is 6. The third kappa shape index (κ3) is 10.4. The minimum Gasteiger partial charge on any atom is -0.480 e. The second-order valence-corrected chi connectivity index (χ2v) is 6.51. The van der Waals surface area contributed by atoms with Crippen LogP contribution in [0.3, 0.4) is 0 Å². The van der Waals surface area contributed by atoms with E-state index in [0.717, 1.165) is 5.56 Å². The zero-order valence-corrected chi connectivity index (χ0v) is 15.6. The van der Waals surface area contributed by atoms with Crippen LogP contribution in [0.25, 0.3) is 0 Å². The first-order chi connectivity index (χ1) is 12.7. The normalized spacial score (nSPS) is 11.4. The lowest BCUT2D eigenvalue weighted by Gasteiger charge is -2.21. The molecule has 1 atom stereocenters. The molecule has 0 saturated carbocycles. The Bertz CT molecular complexity index is 700. The number of carbonyl (C=O) groups is 3. The summed E-state index contributed by atoms with van der Waals surface area (Å²) in [6.07, 6.45) is -1.59. The Morgan fingerprint density at radius 1 is 1.11 bits per heavy atom. The van der Waals surface area contributed by atoms with Crippen LogP contribution in [0.4, 0.5) is 9.59 Å². The number of hydrogen-bond donors (Lipinski definition) is 3. The molecule has 8 heteroatoms. The highest BCUT2D eigenvalue weighted by Gasteiger charge is 2.23. The molecule has 1 rings (SSSR count). The number of aliphatic carboxylic acids is 1. The highest BCUT2D eigenvalue weighted by Crippen LogP contribution is 2.07. The van der Waals surface area contributed by atoms with Gasteiger partial charge in [-0.3, -0.25) is 0 Å². The second-order valence-electron chi connectivity index (χ2n) is 6.51. The summed E-state index contributed by atoms with van der Waals surface area (Å²) in [7, 11) is 0. The Balaban J connectivity index is 2.34. The smallest absolute Gasteiger partial charge is 0.408 e. The van der Waals surface area contributed by atoms with E-state index in [4.69, 9.17) is 14.6 Å². The summed E-state index contributed by atoms with van der Waals surface area (Å²) in [5, 5.41) is 13.8. The SMILES string of the molecule is CC(C)(C)OC(=O)N[C@H](CC#CCNC(=O)OCc1ccccc1)C(=O)O. The fourth-order valence-corrected chi connectivity index (χ4v) is 1.78. The maximum atomic E-state index is 11.6. The third-order valence-corrected chi connectivity index (χ3v) is 2.95. The van der Waals surface area contributed by atoms with Crippen LogP contribution in [0.5, 0.6) is 0 Å². The van der Waals surface area contributed by atoms with Crippen molar-refractivity contribution in [3.8, 4) is 11.8 Å². The van der Waals surface area contributed by atoms with Gasteiger partial charge in [0.1, 0.15) is 18.2 Å². The summed E-state index contributed by atoms with van der Waals surface area (Å²) in [5.41, 5.74) is 0.124. The van der Waals surface area contributed by atoms with Crippen LogP contribution < -0.4 is 10.6 Å². The number of carboxylic acids is 1. The van der Waals surface area contributed by atoms with E-state index in [1.165, 1.54) is 0 Å². The Kier molecular flexibility index (Phi) is 8.66. The highest BCUT2D eigenvalue weighted by atomic mass is 16.6. The number of nitrogens with one attached hydrogen (secondary N) is 2. The van der Waals surface area contributed by atoms with Gasteiger partial charge in [0, 0.05) is 6.42 Å². The van der Waals surface area contributed by atoms with Gasteiger partial charge in [-0.1, -0.05) is 42.2 Å². The number of carboxylic acid groups (broad SMARTS) is 1. The van der Waals surface area contributed by atoms with E-state index in [1.54, 1.807) is 20.8 Å². The topological polar surface area (TPSA) is 114 Å². The van der Waals surface area contributed by atoms with E-state index in [0.29, 0.717) is 0 Å². The van der Waals surface area contributed by atoms with Crippen LogP contribution in [0.2, 0.25) is 0 Å². The molecule has 0 spiro atoms. The summed E-state index contributed by atoms with van der Waals surface area (Å²) < 4.78 is 10.0. The van der Waals surface area contributed by atoms with E-state index in [9.17, 15) is 14.4 Å². The van der Waals surface area contributed by atoms with E-state index < -0.39 is 29.8 Å². The summed E-state index contributed by atoms with van der Waals surface area (Å²) in [6.45, 7) is 5.15. The molecule has 146 valence electrons. The van der Waals surface area contributed by atoms with Crippen molar-refractivity contribution in [2.45, 2.75) is 45.4 Å². The lowest BCUT2D eigenvalue weighted by molar-refractivity contribution is -0.139. The third-order valence-electron chi connectivity index (χ3n) is 2.95. The fourth-order valence-electron chi connectivity index (χ4n) is 1.78. The van der Waals surface area contributed by atoms with Gasteiger partial charge in [-0.25, -0.2) is 14.4 Å². The molecule has 0 saturated heterocycles. The first kappa shape index (κ1) is 21.8. The molecule has 0 fully saturated rings. The zero-order valence-electron chi connectivity index (χ0n) is 15.6. The van der Waals surface area contributed by atoms with Gasteiger partial charge in [-0.05, 0) is 26.3 Å². The van der Waals surface area contributed by atoms with Crippen LogP contribution in [-0.2, 0) is 20.9 Å². The predicted molar refractivity (Wildman–Crippen MR) is 97.8 cm³/mol. The molecule has 0 heterocycles. The molecule has 8 nitrogen and oxygen atoms in total. The Morgan fingerprint density at radius 3 is 2.37 bits per heavy atom. The van der Waals surface area contributed by atoms with Crippen molar-refractivity contribution < 1.29 is 29.0 Å². The first-order valence-electron chi connectivity index (χ1n) is 8.30. The maximum Gasteiger partial charge on any atom is 0.408 e. The Morgan fingerprint density at radius 2 is 1.78 bits per heavy atom. The standard InChI is InChI=1S/C19H24N2O6/c1-19(2,3)27-18(25)21-15(16(22)23)11-7-8-12-20-17(24)26-13-14-9-5-4-6-10-14/h4-6,9-10,15H,11-13H2,1-3H3,(H,20,24)(H,21,25)(H,22,23)/t15-/m1/s1. The first-order valence-corrected chi connectivity index (χ1v) is 8.30. The average molecular weight is 376 g/mol. The van der Waals surface area contributed by atoms with Crippen molar-refractivity contribution >= 4 is 18.2 Å². The lowest BCUT2D eigenvalue weighted by atomic mass is 10.2. The van der Waals surface area contributed by atoms with Gasteiger partial charge < -0.3 is 25.2 Å². The van der Waals surface area contributed by atoms with Crippen molar-refractivity contribution in [1.29, 1.82) is 0 Å². The molecule has 0 aliphatic carbocycles. The quantitative estimate of drug-likeness (QED) is 0.657. The monoisotopic (exact) mass is 376 g/mol. The Hall–Kier alpha value is -3.21. The van der Waals surface area contributed by atoms with Gasteiger partial charge in [-0.2, -0.15) is 0 Å². The zero-order chi connectivity index (χ0) is 20.3. The number of benzene rings is 1. The molecule has 3 N–H and O–H groups in total. The van der Waals surface area contributed by atoms with Crippen LogP contribution >= 0.6 is 0 Å². The summed E-state index contributed by atoms with van der Waals surface area (Å²) in [4.78, 5) is 34.3. The van der Waals surface area contributed by atoms with Gasteiger partial charge >= 0.3 is 18.2 Å². The molecule has 0 aliphatic rings. The summed E-state index contributed by atoms with van der Waals surface area (Å²) >= 11 is 0. The predicted octanol–water partition coefficient (Wildman–Crippen LogP) is 2.28. The van der Waals surface area contributed by atoms with Crippen molar-refractivity contribution in [3.63, 3.8) is 0 Å². The van der Waals surface area contributed by atoms with Crippen molar-refractivity contribution in [2.24, 2.45) is 0 Å². The molecule has 0 bridgehead atoms. The van der Waals surface area contributed by atoms with Crippen molar-refractivity contribution in [2.75, 3.05) is 6.54 Å². The van der Waals surface area contributed by atoms with Gasteiger partial charge in [0.25, 0.3) is 0 Å². The van der Waals surface area contributed by atoms with Crippen LogP contribution in [0.1, 0.15) is 32.8 Å². The second kappa shape index (κ2) is 10.7. The molecule has 27 heavy (non-hydrogen) atoms. The minimum atomic E-state index is -1.23. The van der Waals surface area contributed by atoms with E-state index in [2.05, 4.69) is 22.5 Å². The number of hydrogen-bond acceptors (Lipinski definition) is 5. The Labute approximate surface area is 158 Å². The molecule has 0 aliphatic heterocycles. The van der Waals surface area contributed by atoms with E-state index in [-0.39, 0.29) is 19.6 Å². The summed E-state index contributed by atoms with van der Waals surface area (Å²) in [6, 6.07) is 7.99. The van der Waals surface area contributed by atoms with E-state index in [1.807, 2.05) is 30.3 Å². The molecule has 0 aromatic heterocycles. The van der Waals surface area contributed by atoms with Crippen molar-refractivity contribution in [3.05, 3.63) is 35.9 Å². The number of amides is 2. The molecule has 0 unspecified atom stereocenters. The molecule has 1 aromatic rings.